The van der Waals surface area contributed by atoms with Crippen LogP contribution in [-0.2, 0) is 4.79 Å². The Labute approximate surface area is 136 Å². The molecule has 0 saturated carbocycles. The summed E-state index contributed by atoms with van der Waals surface area (Å²) in [5.41, 5.74) is 3.67. The van der Waals surface area contributed by atoms with Gasteiger partial charge in [-0.05, 0) is 49.1 Å². The molecule has 4 heteroatoms. The number of aryl methyl sites for hydroxylation is 1. The lowest BCUT2D eigenvalue weighted by Crippen LogP contribution is -2.21. The Hall–Kier alpha value is -2.33. The third-order valence-electron chi connectivity index (χ3n) is 4.27. The summed E-state index contributed by atoms with van der Waals surface area (Å²) in [6.45, 7) is 4.25. The van der Waals surface area contributed by atoms with Crippen LogP contribution in [0.4, 0.5) is 11.4 Å². The van der Waals surface area contributed by atoms with Crippen LogP contribution in [-0.4, -0.2) is 24.1 Å². The number of aliphatic hydroxyl groups excluding tert-OH is 1. The van der Waals surface area contributed by atoms with Crippen LogP contribution in [0.5, 0.6) is 0 Å². The van der Waals surface area contributed by atoms with Crippen LogP contribution in [0.1, 0.15) is 30.1 Å². The molecule has 4 nitrogen and oxygen atoms in total. The van der Waals surface area contributed by atoms with Crippen LogP contribution in [0.15, 0.2) is 48.5 Å². The zero-order chi connectivity index (χ0) is 16.2. The minimum absolute atomic E-state index is 0.412. The van der Waals surface area contributed by atoms with Gasteiger partial charge in [0.2, 0.25) is 0 Å². The highest BCUT2D eigenvalue weighted by molar-refractivity contribution is 5.95. The van der Waals surface area contributed by atoms with Gasteiger partial charge in [0.25, 0.3) is 5.91 Å². The Bertz CT molecular complexity index is 679. The summed E-state index contributed by atoms with van der Waals surface area (Å²) in [6, 6.07) is 14.9. The Morgan fingerprint density at radius 1 is 1.13 bits per heavy atom. The maximum Gasteiger partial charge on any atom is 0.257 e. The lowest BCUT2D eigenvalue weighted by molar-refractivity contribution is -0.124. The van der Waals surface area contributed by atoms with E-state index in [4.69, 9.17) is 0 Å². The van der Waals surface area contributed by atoms with Gasteiger partial charge in [-0.15, -0.1) is 0 Å². The van der Waals surface area contributed by atoms with Crippen molar-refractivity contribution in [2.24, 2.45) is 0 Å². The normalized spacial score (nSPS) is 15.5. The van der Waals surface area contributed by atoms with Gasteiger partial charge < -0.3 is 15.3 Å². The molecule has 2 aromatic rings. The van der Waals surface area contributed by atoms with Crippen molar-refractivity contribution in [3.8, 4) is 0 Å². The molecule has 1 heterocycles. The van der Waals surface area contributed by atoms with Crippen LogP contribution in [0.3, 0.4) is 0 Å². The van der Waals surface area contributed by atoms with Gasteiger partial charge in [0.1, 0.15) is 0 Å². The first kappa shape index (κ1) is 15.6. The molecule has 120 valence electrons. The molecule has 1 aliphatic rings. The van der Waals surface area contributed by atoms with E-state index in [2.05, 4.69) is 17.1 Å². The first-order valence-corrected chi connectivity index (χ1v) is 8.04. The predicted octanol–water partition coefficient (Wildman–Crippen LogP) is 3.27. The van der Waals surface area contributed by atoms with E-state index in [0.29, 0.717) is 11.3 Å². The molecule has 1 saturated heterocycles. The number of amides is 1. The van der Waals surface area contributed by atoms with Crippen molar-refractivity contribution in [1.29, 1.82) is 0 Å². The van der Waals surface area contributed by atoms with Gasteiger partial charge >= 0.3 is 0 Å². The molecule has 1 unspecified atom stereocenters. The van der Waals surface area contributed by atoms with E-state index in [1.165, 1.54) is 18.5 Å². The number of hydrogen-bond acceptors (Lipinski definition) is 3. The van der Waals surface area contributed by atoms with Gasteiger partial charge in [-0.1, -0.05) is 30.3 Å². The molecule has 1 amide bonds. The summed E-state index contributed by atoms with van der Waals surface area (Å²) in [5, 5.41) is 12.9. The third-order valence-corrected chi connectivity index (χ3v) is 4.27. The lowest BCUT2D eigenvalue weighted by Gasteiger charge is -2.21. The molecule has 1 atom stereocenters. The summed E-state index contributed by atoms with van der Waals surface area (Å²) < 4.78 is 0. The van der Waals surface area contributed by atoms with Crippen LogP contribution < -0.4 is 10.2 Å². The summed E-state index contributed by atoms with van der Waals surface area (Å²) in [4.78, 5) is 14.6. The Morgan fingerprint density at radius 2 is 1.83 bits per heavy atom. The third kappa shape index (κ3) is 3.54. The second-order valence-corrected chi connectivity index (χ2v) is 6.00. The molecule has 3 rings (SSSR count). The molecule has 1 fully saturated rings. The average molecular weight is 310 g/mol. The second-order valence-electron chi connectivity index (χ2n) is 6.00. The fourth-order valence-electron chi connectivity index (χ4n) is 3.04. The summed E-state index contributed by atoms with van der Waals surface area (Å²) >= 11 is 0. The number of aliphatic hydroxyl groups is 1. The van der Waals surface area contributed by atoms with Crippen molar-refractivity contribution in [3.63, 3.8) is 0 Å². The lowest BCUT2D eigenvalue weighted by atomic mass is 10.1. The van der Waals surface area contributed by atoms with Gasteiger partial charge in [-0.2, -0.15) is 0 Å². The monoisotopic (exact) mass is 310 g/mol. The van der Waals surface area contributed by atoms with Crippen molar-refractivity contribution in [2.75, 3.05) is 23.3 Å². The number of benzene rings is 2. The topological polar surface area (TPSA) is 52.6 Å². The maximum atomic E-state index is 12.2. The number of hydrogen-bond donors (Lipinski definition) is 2. The molecule has 0 radical (unpaired) electrons. The van der Waals surface area contributed by atoms with Gasteiger partial charge in [-0.3, -0.25) is 4.79 Å². The molecule has 0 aliphatic carbocycles. The molecule has 2 N–H and O–H groups in total. The van der Waals surface area contributed by atoms with Crippen molar-refractivity contribution < 1.29 is 9.90 Å². The molecule has 1 aliphatic heterocycles. The highest BCUT2D eigenvalue weighted by Crippen LogP contribution is 2.27. The van der Waals surface area contributed by atoms with Crippen molar-refractivity contribution >= 4 is 17.3 Å². The van der Waals surface area contributed by atoms with E-state index in [1.807, 2.05) is 24.3 Å². The molecule has 0 bridgehead atoms. The minimum Gasteiger partial charge on any atom is -0.378 e. The highest BCUT2D eigenvalue weighted by Gasteiger charge is 2.18. The molecular formula is C19H22N2O2. The van der Waals surface area contributed by atoms with Crippen LogP contribution in [0.25, 0.3) is 0 Å². The maximum absolute atomic E-state index is 12.2. The van der Waals surface area contributed by atoms with Gasteiger partial charge in [0.15, 0.2) is 6.10 Å². The predicted molar refractivity (Wildman–Crippen MR) is 92.7 cm³/mol. The van der Waals surface area contributed by atoms with E-state index in [-0.39, 0.29) is 0 Å². The molecule has 0 aromatic heterocycles. The van der Waals surface area contributed by atoms with Crippen molar-refractivity contribution in [3.05, 3.63) is 59.7 Å². The smallest absolute Gasteiger partial charge is 0.257 e. The number of carbonyl (C=O) groups excluding carboxylic acids is 1. The number of rotatable bonds is 4. The fraction of sp³-hybridized carbons (Fsp3) is 0.316. The number of anilines is 2. The highest BCUT2D eigenvalue weighted by atomic mass is 16.3. The van der Waals surface area contributed by atoms with Crippen molar-refractivity contribution in [2.45, 2.75) is 25.9 Å². The van der Waals surface area contributed by atoms with Gasteiger partial charge in [-0.25, -0.2) is 0 Å². The molecule has 2 aromatic carbocycles. The molecule has 23 heavy (non-hydrogen) atoms. The van der Waals surface area contributed by atoms with Crippen molar-refractivity contribution in [1.82, 2.24) is 0 Å². The Kier molecular flexibility index (Phi) is 4.63. The largest absolute Gasteiger partial charge is 0.378 e. The van der Waals surface area contributed by atoms with Crippen LogP contribution in [0, 0.1) is 6.92 Å². The first-order chi connectivity index (χ1) is 11.1. The fourth-order valence-corrected chi connectivity index (χ4v) is 3.04. The molecule has 0 spiro atoms. The van der Waals surface area contributed by atoms with E-state index in [9.17, 15) is 9.90 Å². The number of nitrogens with one attached hydrogen (secondary N) is 1. The summed E-state index contributed by atoms with van der Waals surface area (Å²) in [6.07, 6.45) is 1.32. The number of carbonyl (C=O) groups is 1. The standard InChI is InChI=1S/C19H22N2O2/c1-14-13-16(9-10-17(14)21-11-5-6-12-21)20-19(23)18(22)15-7-3-2-4-8-15/h2-4,7-10,13,18,22H,5-6,11-12H2,1H3,(H,20,23). The zero-order valence-corrected chi connectivity index (χ0v) is 13.3. The first-order valence-electron chi connectivity index (χ1n) is 8.04. The second kappa shape index (κ2) is 6.84. The van der Waals surface area contributed by atoms with E-state index in [0.717, 1.165) is 18.7 Å². The van der Waals surface area contributed by atoms with E-state index < -0.39 is 12.0 Å². The van der Waals surface area contributed by atoms with Crippen LogP contribution in [0.2, 0.25) is 0 Å². The van der Waals surface area contributed by atoms with E-state index >= 15 is 0 Å². The Balaban J connectivity index is 1.70. The number of nitrogens with zero attached hydrogens (tertiary/aromatic N) is 1. The van der Waals surface area contributed by atoms with Crippen LogP contribution >= 0.6 is 0 Å². The zero-order valence-electron chi connectivity index (χ0n) is 13.3. The Morgan fingerprint density at radius 3 is 2.48 bits per heavy atom. The molecular weight excluding hydrogens is 288 g/mol. The summed E-state index contributed by atoms with van der Waals surface area (Å²) in [7, 11) is 0. The minimum atomic E-state index is -1.16. The summed E-state index contributed by atoms with van der Waals surface area (Å²) in [5.74, 6) is -0.412. The SMILES string of the molecule is Cc1cc(NC(=O)C(O)c2ccccc2)ccc1N1CCCC1. The van der Waals surface area contributed by atoms with Gasteiger partial charge in [0, 0.05) is 24.5 Å². The van der Waals surface area contributed by atoms with Gasteiger partial charge in [0.05, 0.1) is 0 Å². The quantitative estimate of drug-likeness (QED) is 0.911. The van der Waals surface area contributed by atoms with E-state index in [1.54, 1.807) is 24.3 Å². The average Bonchev–Trinajstić information content (AvgIpc) is 3.09.